The van der Waals surface area contributed by atoms with Crippen molar-refractivity contribution >= 4 is 42.8 Å². The van der Waals surface area contributed by atoms with Crippen LogP contribution in [0.4, 0.5) is 0 Å². The lowest BCUT2D eigenvalue weighted by Crippen LogP contribution is -2.43. The summed E-state index contributed by atoms with van der Waals surface area (Å²) in [7, 11) is 0.668. The summed E-state index contributed by atoms with van der Waals surface area (Å²) in [5.41, 5.74) is 2.37. The molecule has 1 heterocycles. The van der Waals surface area contributed by atoms with Crippen LogP contribution in [0.15, 0.2) is 48.5 Å². The van der Waals surface area contributed by atoms with E-state index in [4.69, 9.17) is 13.9 Å². The van der Waals surface area contributed by atoms with Crippen LogP contribution in [0.3, 0.4) is 0 Å². The highest BCUT2D eigenvalue weighted by Gasteiger charge is 2.38. The molecule has 3 aromatic rings. The van der Waals surface area contributed by atoms with E-state index in [0.29, 0.717) is 16.6 Å². The minimum absolute atomic E-state index is 0.0868. The molecule has 3 rings (SSSR count). The quantitative estimate of drug-likeness (QED) is 0.272. The number of carbonyl (C=O) groups is 2. The summed E-state index contributed by atoms with van der Waals surface area (Å²) in [6.07, 6.45) is 1.69. The Hall–Kier alpha value is -3.32. The number of methoxy groups -OCH3 is 2. The molecule has 174 valence electrons. The van der Waals surface area contributed by atoms with Gasteiger partial charge < -0.3 is 18.9 Å². The van der Waals surface area contributed by atoms with Crippen LogP contribution in [0.25, 0.3) is 22.6 Å². The van der Waals surface area contributed by atoms with E-state index in [0.717, 1.165) is 16.8 Å². The highest BCUT2D eigenvalue weighted by Crippen LogP contribution is 2.37. The molecule has 0 aliphatic heterocycles. The Labute approximate surface area is 195 Å². The Morgan fingerprint density at radius 1 is 0.939 bits per heavy atom. The molecule has 0 spiro atoms. The third-order valence-corrected chi connectivity index (χ3v) is 10.5. The third-order valence-electron chi connectivity index (χ3n) is 6.14. The molecule has 0 aliphatic rings. The van der Waals surface area contributed by atoms with Crippen LogP contribution < -0.4 is 4.43 Å². The molecule has 2 aromatic carbocycles. The second kappa shape index (κ2) is 9.27. The van der Waals surface area contributed by atoms with Gasteiger partial charge in [-0.15, -0.1) is 0 Å². The number of hydrogen-bond acceptors (Lipinski definition) is 5. The summed E-state index contributed by atoms with van der Waals surface area (Å²) in [4.78, 5) is 28.5. The molecule has 33 heavy (non-hydrogen) atoms. The average molecular weight is 466 g/mol. The summed E-state index contributed by atoms with van der Waals surface area (Å²) >= 11 is 0. The van der Waals surface area contributed by atoms with Gasteiger partial charge in [0.05, 0.1) is 31.1 Å². The molecule has 0 unspecified atom stereocenters. The fourth-order valence-electron chi connectivity index (χ4n) is 3.25. The lowest BCUT2D eigenvalue weighted by molar-refractivity contribution is -0.133. The van der Waals surface area contributed by atoms with Crippen LogP contribution in [-0.4, -0.2) is 39.5 Å². The summed E-state index contributed by atoms with van der Waals surface area (Å²) in [6.45, 7) is 11.0. The summed E-state index contributed by atoms with van der Waals surface area (Å²) in [5.74, 6) is -0.303. The van der Waals surface area contributed by atoms with Crippen LogP contribution in [0.2, 0.25) is 18.1 Å². The van der Waals surface area contributed by atoms with Crippen molar-refractivity contribution in [1.29, 1.82) is 0 Å². The van der Waals surface area contributed by atoms with Gasteiger partial charge in [0, 0.05) is 10.9 Å². The van der Waals surface area contributed by atoms with Gasteiger partial charge in [-0.3, -0.25) is 0 Å². The Morgan fingerprint density at radius 2 is 1.58 bits per heavy atom. The number of para-hydroxylation sites is 1. The van der Waals surface area contributed by atoms with Gasteiger partial charge in [0.25, 0.3) is 0 Å². The fourth-order valence-corrected chi connectivity index (χ4v) is 4.28. The number of rotatable bonds is 6. The van der Waals surface area contributed by atoms with Gasteiger partial charge in [0.1, 0.15) is 5.75 Å². The van der Waals surface area contributed by atoms with Gasteiger partial charge in [0.2, 0.25) is 8.32 Å². The first kappa shape index (κ1) is 24.3. The maximum Gasteiger partial charge on any atom is 0.340 e. The van der Waals surface area contributed by atoms with Crippen molar-refractivity contribution in [1.82, 2.24) is 4.98 Å². The smallest absolute Gasteiger partial charge is 0.340 e. The predicted molar refractivity (Wildman–Crippen MR) is 134 cm³/mol. The number of hydrogen-bond donors (Lipinski definition) is 1. The molecular weight excluding hydrogens is 434 g/mol. The fraction of sp³-hybridized carbons (Fsp3) is 0.308. The molecule has 1 aromatic heterocycles. The summed E-state index contributed by atoms with van der Waals surface area (Å²) in [6, 6.07) is 14.9. The number of fused-ring (bicyclic) bond motifs is 1. The van der Waals surface area contributed by atoms with Crippen molar-refractivity contribution in [2.45, 2.75) is 38.9 Å². The number of ether oxygens (including phenoxy) is 2. The van der Waals surface area contributed by atoms with Gasteiger partial charge in [-0.2, -0.15) is 0 Å². The van der Waals surface area contributed by atoms with Crippen molar-refractivity contribution in [2.75, 3.05) is 14.2 Å². The van der Waals surface area contributed by atoms with E-state index in [1.165, 1.54) is 14.2 Å². The van der Waals surface area contributed by atoms with Crippen LogP contribution in [0.1, 0.15) is 42.4 Å². The first-order chi connectivity index (χ1) is 15.5. The topological polar surface area (TPSA) is 77.6 Å². The van der Waals surface area contributed by atoms with E-state index < -0.39 is 20.3 Å². The van der Waals surface area contributed by atoms with Crippen molar-refractivity contribution in [3.63, 3.8) is 0 Å². The Bertz CT molecular complexity index is 1200. The van der Waals surface area contributed by atoms with E-state index in [-0.39, 0.29) is 10.6 Å². The molecule has 0 radical (unpaired) electrons. The third kappa shape index (κ3) is 5.03. The second-order valence-corrected chi connectivity index (χ2v) is 14.1. The number of carbonyl (C=O) groups excluding carboxylic acids is 2. The van der Waals surface area contributed by atoms with Crippen LogP contribution in [-0.2, 0) is 14.3 Å². The zero-order valence-corrected chi connectivity index (χ0v) is 21.2. The standard InChI is InChI=1S/C26H31NO5Si/c1-26(2,3)33(6,7)32-18-14-12-17(13-15-18)16-20(24(28)30-4)23-22(25(29)31-5)19-10-8-9-11-21(19)27-23/h8-16,27H,1-7H3/b20-16+. The van der Waals surface area contributed by atoms with E-state index in [2.05, 4.69) is 38.8 Å². The number of esters is 2. The molecule has 0 saturated heterocycles. The predicted octanol–water partition coefficient (Wildman–Crippen LogP) is 6.05. The molecule has 0 atom stereocenters. The highest BCUT2D eigenvalue weighted by molar-refractivity contribution is 6.74. The maximum atomic E-state index is 12.7. The molecule has 0 aliphatic carbocycles. The van der Waals surface area contributed by atoms with Crippen molar-refractivity contribution in [3.05, 3.63) is 65.4 Å². The first-order valence-electron chi connectivity index (χ1n) is 10.8. The zero-order chi connectivity index (χ0) is 24.4. The molecular formula is C26H31NO5Si. The molecule has 1 N–H and O–H groups in total. The van der Waals surface area contributed by atoms with Gasteiger partial charge in [-0.05, 0) is 48.0 Å². The van der Waals surface area contributed by atoms with Crippen LogP contribution in [0.5, 0.6) is 5.75 Å². The zero-order valence-electron chi connectivity index (χ0n) is 20.2. The van der Waals surface area contributed by atoms with Crippen molar-refractivity contribution < 1.29 is 23.5 Å². The molecule has 6 nitrogen and oxygen atoms in total. The van der Waals surface area contributed by atoms with Crippen molar-refractivity contribution in [2.24, 2.45) is 0 Å². The molecule has 0 bridgehead atoms. The highest BCUT2D eigenvalue weighted by atomic mass is 28.4. The van der Waals surface area contributed by atoms with Gasteiger partial charge in [-0.25, -0.2) is 9.59 Å². The number of benzene rings is 2. The van der Waals surface area contributed by atoms with E-state index in [9.17, 15) is 9.59 Å². The molecule has 0 saturated carbocycles. The number of aromatic nitrogens is 1. The van der Waals surface area contributed by atoms with Crippen molar-refractivity contribution in [3.8, 4) is 5.75 Å². The lowest BCUT2D eigenvalue weighted by atomic mass is 10.0. The van der Waals surface area contributed by atoms with Crippen LogP contribution in [0, 0.1) is 0 Å². The van der Waals surface area contributed by atoms with Gasteiger partial charge in [-0.1, -0.05) is 51.1 Å². The minimum atomic E-state index is -1.96. The Kier molecular flexibility index (Phi) is 6.83. The molecule has 7 heteroatoms. The summed E-state index contributed by atoms with van der Waals surface area (Å²) < 4.78 is 16.4. The first-order valence-corrected chi connectivity index (χ1v) is 13.7. The van der Waals surface area contributed by atoms with E-state index >= 15 is 0 Å². The van der Waals surface area contributed by atoms with Crippen LogP contribution >= 0.6 is 0 Å². The number of H-pyrrole nitrogens is 1. The monoisotopic (exact) mass is 465 g/mol. The maximum absolute atomic E-state index is 12.7. The Morgan fingerprint density at radius 3 is 2.15 bits per heavy atom. The SMILES string of the molecule is COC(=O)/C(=C/c1ccc(O[Si](C)(C)C(C)(C)C)cc1)c1[nH]c2ccccc2c1C(=O)OC. The van der Waals surface area contributed by atoms with Gasteiger partial charge in [0.15, 0.2) is 0 Å². The average Bonchev–Trinajstić information content (AvgIpc) is 3.15. The van der Waals surface area contributed by atoms with Gasteiger partial charge >= 0.3 is 11.9 Å². The summed E-state index contributed by atoms with van der Waals surface area (Å²) in [5, 5.41) is 0.760. The molecule has 0 fully saturated rings. The normalized spacial score (nSPS) is 12.5. The largest absolute Gasteiger partial charge is 0.544 e. The number of nitrogens with one attached hydrogen (secondary N) is 1. The molecule has 0 amide bonds. The minimum Gasteiger partial charge on any atom is -0.544 e. The Balaban J connectivity index is 2.06. The number of aromatic amines is 1. The van der Waals surface area contributed by atoms with E-state index in [1.807, 2.05) is 48.5 Å². The lowest BCUT2D eigenvalue weighted by Gasteiger charge is -2.36. The second-order valence-electron chi connectivity index (χ2n) is 9.39. The van der Waals surface area contributed by atoms with E-state index in [1.54, 1.807) is 6.08 Å².